The Labute approximate surface area is 200 Å². The van der Waals surface area contributed by atoms with E-state index >= 15 is 0 Å². The number of hydrogen-bond donors (Lipinski definition) is 0. The van der Waals surface area contributed by atoms with Crippen LogP contribution in [0.25, 0.3) is 0 Å². The van der Waals surface area contributed by atoms with Gasteiger partial charge in [-0.1, -0.05) is 41.9 Å². The Balaban J connectivity index is 1.43. The van der Waals surface area contributed by atoms with Crippen LogP contribution in [-0.2, 0) is 17.8 Å². The minimum atomic E-state index is -0.0729. The van der Waals surface area contributed by atoms with E-state index in [0.717, 1.165) is 30.9 Å². The summed E-state index contributed by atoms with van der Waals surface area (Å²) in [6.45, 7) is 3.27. The highest BCUT2D eigenvalue weighted by Gasteiger charge is 2.30. The molecule has 0 fully saturated rings. The molecule has 162 valence electrons. The maximum Gasteiger partial charge on any atom is 0.230 e. The third kappa shape index (κ3) is 4.24. The SMILES string of the molecule is CC(=O)N(c1ccc(Cl)cc1)c1nc(CN2CCc3sccc3[C@H]2c2ccccc2)cs1. The smallest absolute Gasteiger partial charge is 0.230 e. The predicted octanol–water partition coefficient (Wildman–Crippen LogP) is 6.69. The average Bonchev–Trinajstić information content (AvgIpc) is 3.45. The molecule has 2 aromatic carbocycles. The number of thiophene rings is 1. The highest BCUT2D eigenvalue weighted by molar-refractivity contribution is 7.14. The van der Waals surface area contributed by atoms with Gasteiger partial charge in [0.05, 0.1) is 17.4 Å². The molecule has 0 aliphatic carbocycles. The standard InChI is InChI=1S/C25H22ClN3OS2/c1-17(30)29(21-9-7-19(26)8-10-21)25-27-20(16-32-25)15-28-13-11-23-22(12-14-31-23)24(28)18-5-3-2-4-6-18/h2-10,12,14,16,24H,11,13,15H2,1H3/t24-/m1/s1. The fourth-order valence-electron chi connectivity index (χ4n) is 4.26. The zero-order valence-electron chi connectivity index (χ0n) is 17.6. The number of anilines is 2. The lowest BCUT2D eigenvalue weighted by Crippen LogP contribution is -2.35. The second-order valence-corrected chi connectivity index (χ2v) is 10.1. The van der Waals surface area contributed by atoms with Crippen LogP contribution in [0, 0.1) is 0 Å². The molecule has 1 aliphatic heterocycles. The zero-order valence-corrected chi connectivity index (χ0v) is 20.0. The van der Waals surface area contributed by atoms with Gasteiger partial charge in [-0.2, -0.15) is 0 Å². The van der Waals surface area contributed by atoms with Crippen LogP contribution in [0.3, 0.4) is 0 Å². The summed E-state index contributed by atoms with van der Waals surface area (Å²) < 4.78 is 0. The summed E-state index contributed by atoms with van der Waals surface area (Å²) in [7, 11) is 0. The molecular weight excluding hydrogens is 458 g/mol. The molecule has 0 saturated carbocycles. The fraction of sp³-hybridized carbons (Fsp3) is 0.200. The van der Waals surface area contributed by atoms with E-state index in [9.17, 15) is 4.79 Å². The molecule has 5 rings (SSSR count). The number of rotatable bonds is 5. The van der Waals surface area contributed by atoms with Gasteiger partial charge >= 0.3 is 0 Å². The van der Waals surface area contributed by atoms with Gasteiger partial charge in [0, 0.05) is 35.3 Å². The number of thiazole rings is 1. The Bertz CT molecular complexity index is 1220. The minimum Gasteiger partial charge on any atom is -0.286 e. The molecule has 0 spiro atoms. The quantitative estimate of drug-likeness (QED) is 0.320. The third-order valence-corrected chi connectivity index (χ3v) is 7.80. The van der Waals surface area contributed by atoms with Crippen LogP contribution in [0.2, 0.25) is 5.02 Å². The number of carbonyl (C=O) groups excluding carboxylic acids is 1. The molecule has 1 atom stereocenters. The Kier molecular flexibility index (Phi) is 6.11. The second-order valence-electron chi connectivity index (χ2n) is 7.79. The summed E-state index contributed by atoms with van der Waals surface area (Å²) in [6, 6.07) is 20.4. The molecular formula is C25H22ClN3OS2. The highest BCUT2D eigenvalue weighted by atomic mass is 35.5. The van der Waals surface area contributed by atoms with Crippen LogP contribution < -0.4 is 4.90 Å². The van der Waals surface area contributed by atoms with Gasteiger partial charge in [-0.3, -0.25) is 14.6 Å². The first kappa shape index (κ1) is 21.3. The average molecular weight is 480 g/mol. The maximum atomic E-state index is 12.4. The summed E-state index contributed by atoms with van der Waals surface area (Å²) in [5.74, 6) is -0.0729. The van der Waals surface area contributed by atoms with Crippen LogP contribution in [0.15, 0.2) is 71.4 Å². The summed E-state index contributed by atoms with van der Waals surface area (Å²) in [6.07, 6.45) is 1.05. The first-order valence-corrected chi connectivity index (χ1v) is 12.6. The molecule has 4 aromatic rings. The molecule has 0 bridgehead atoms. The second kappa shape index (κ2) is 9.16. The van der Waals surface area contributed by atoms with Crippen molar-refractivity contribution in [3.63, 3.8) is 0 Å². The Hall–Kier alpha value is -2.51. The number of nitrogens with zero attached hydrogens (tertiary/aromatic N) is 3. The lowest BCUT2D eigenvalue weighted by atomic mass is 9.93. The van der Waals surface area contributed by atoms with E-state index in [-0.39, 0.29) is 11.9 Å². The number of benzene rings is 2. The van der Waals surface area contributed by atoms with Gasteiger partial charge in [0.25, 0.3) is 0 Å². The van der Waals surface area contributed by atoms with E-state index in [1.54, 1.807) is 24.0 Å². The topological polar surface area (TPSA) is 36.4 Å². The molecule has 0 N–H and O–H groups in total. The largest absolute Gasteiger partial charge is 0.286 e. The molecule has 0 radical (unpaired) electrons. The molecule has 1 amide bonds. The monoisotopic (exact) mass is 479 g/mol. The van der Waals surface area contributed by atoms with Gasteiger partial charge in [0.2, 0.25) is 5.91 Å². The van der Waals surface area contributed by atoms with Crippen LogP contribution in [0.4, 0.5) is 10.8 Å². The van der Waals surface area contributed by atoms with E-state index in [1.165, 1.54) is 27.3 Å². The van der Waals surface area contributed by atoms with Crippen LogP contribution in [-0.4, -0.2) is 22.3 Å². The molecule has 2 aromatic heterocycles. The van der Waals surface area contributed by atoms with E-state index in [4.69, 9.17) is 16.6 Å². The molecule has 32 heavy (non-hydrogen) atoms. The zero-order chi connectivity index (χ0) is 22.1. The van der Waals surface area contributed by atoms with Crippen molar-refractivity contribution in [2.45, 2.75) is 25.9 Å². The Morgan fingerprint density at radius 2 is 1.91 bits per heavy atom. The van der Waals surface area contributed by atoms with Gasteiger partial charge < -0.3 is 0 Å². The van der Waals surface area contributed by atoms with Crippen LogP contribution in [0.5, 0.6) is 0 Å². The van der Waals surface area contributed by atoms with Crippen molar-refractivity contribution in [1.82, 2.24) is 9.88 Å². The van der Waals surface area contributed by atoms with Crippen molar-refractivity contribution in [1.29, 1.82) is 0 Å². The molecule has 4 nitrogen and oxygen atoms in total. The van der Waals surface area contributed by atoms with Crippen molar-refractivity contribution < 1.29 is 4.79 Å². The lowest BCUT2D eigenvalue weighted by Gasteiger charge is -2.35. The normalized spacial score (nSPS) is 16.0. The first-order valence-electron chi connectivity index (χ1n) is 10.5. The van der Waals surface area contributed by atoms with E-state index in [2.05, 4.69) is 52.1 Å². The van der Waals surface area contributed by atoms with Crippen molar-refractivity contribution in [2.24, 2.45) is 0 Å². The van der Waals surface area contributed by atoms with E-state index in [0.29, 0.717) is 10.2 Å². The van der Waals surface area contributed by atoms with Gasteiger partial charge in [-0.15, -0.1) is 22.7 Å². The van der Waals surface area contributed by atoms with Crippen LogP contribution >= 0.6 is 34.3 Å². The summed E-state index contributed by atoms with van der Waals surface area (Å²) in [5, 5.41) is 5.58. The van der Waals surface area contributed by atoms with Crippen molar-refractivity contribution >= 4 is 51.0 Å². The minimum absolute atomic E-state index is 0.0729. The number of fused-ring (bicyclic) bond motifs is 1. The fourth-order valence-corrected chi connectivity index (χ4v) is 6.17. The van der Waals surface area contributed by atoms with Gasteiger partial charge in [0.15, 0.2) is 5.13 Å². The maximum absolute atomic E-state index is 12.4. The van der Waals surface area contributed by atoms with Crippen molar-refractivity contribution in [3.8, 4) is 0 Å². The van der Waals surface area contributed by atoms with E-state index < -0.39 is 0 Å². The Morgan fingerprint density at radius 3 is 2.66 bits per heavy atom. The molecule has 3 heterocycles. The Morgan fingerprint density at radius 1 is 1.12 bits per heavy atom. The molecule has 7 heteroatoms. The van der Waals surface area contributed by atoms with Crippen molar-refractivity contribution in [2.75, 3.05) is 11.4 Å². The summed E-state index contributed by atoms with van der Waals surface area (Å²) >= 11 is 9.37. The third-order valence-electron chi connectivity index (χ3n) is 5.68. The molecule has 1 aliphatic rings. The van der Waals surface area contributed by atoms with Gasteiger partial charge in [-0.05, 0) is 53.3 Å². The number of hydrogen-bond acceptors (Lipinski definition) is 5. The molecule has 0 unspecified atom stereocenters. The van der Waals surface area contributed by atoms with Crippen LogP contribution in [0.1, 0.15) is 34.7 Å². The summed E-state index contributed by atoms with van der Waals surface area (Å²) in [4.78, 5) is 22.9. The predicted molar refractivity (Wildman–Crippen MR) is 133 cm³/mol. The number of aromatic nitrogens is 1. The highest BCUT2D eigenvalue weighted by Crippen LogP contribution is 2.39. The number of carbonyl (C=O) groups is 1. The first-order chi connectivity index (χ1) is 15.6. The molecule has 0 saturated heterocycles. The lowest BCUT2D eigenvalue weighted by molar-refractivity contribution is -0.115. The van der Waals surface area contributed by atoms with Gasteiger partial charge in [-0.25, -0.2) is 4.98 Å². The van der Waals surface area contributed by atoms with Gasteiger partial charge in [0.1, 0.15) is 0 Å². The summed E-state index contributed by atoms with van der Waals surface area (Å²) in [5.41, 5.74) is 4.44. The number of halogens is 1. The van der Waals surface area contributed by atoms with Crippen molar-refractivity contribution in [3.05, 3.63) is 98.1 Å². The number of amides is 1. The van der Waals surface area contributed by atoms with E-state index in [1.807, 2.05) is 23.5 Å².